The van der Waals surface area contributed by atoms with Gasteiger partial charge in [0.15, 0.2) is 5.82 Å². The first-order valence-electron chi connectivity index (χ1n) is 6.78. The van der Waals surface area contributed by atoms with Crippen molar-refractivity contribution in [2.45, 2.75) is 24.5 Å². The molecule has 1 unspecified atom stereocenters. The van der Waals surface area contributed by atoms with E-state index in [1.165, 1.54) is 0 Å². The van der Waals surface area contributed by atoms with Gasteiger partial charge in [0.05, 0.1) is 18.1 Å². The van der Waals surface area contributed by atoms with Crippen molar-refractivity contribution >= 4 is 0 Å². The van der Waals surface area contributed by atoms with Gasteiger partial charge in [-0.1, -0.05) is 23.4 Å². The van der Waals surface area contributed by atoms with Gasteiger partial charge in [-0.2, -0.15) is 4.98 Å². The molecule has 0 aliphatic carbocycles. The number of fused-ring (bicyclic) bond motifs is 1. The van der Waals surface area contributed by atoms with Gasteiger partial charge in [-0.15, -0.1) is 0 Å². The lowest BCUT2D eigenvalue weighted by atomic mass is 10.0. The highest BCUT2D eigenvalue weighted by molar-refractivity contribution is 5.42. The SMILES string of the molecule is O[C@H]1CN[C@H](c2nc(C3COc4ccccc43)no2)C1. The summed E-state index contributed by atoms with van der Waals surface area (Å²) in [5.74, 6) is 2.10. The van der Waals surface area contributed by atoms with Crippen molar-refractivity contribution in [3.63, 3.8) is 0 Å². The van der Waals surface area contributed by atoms with Crippen molar-refractivity contribution in [1.82, 2.24) is 15.5 Å². The van der Waals surface area contributed by atoms with Crippen LogP contribution in [0.5, 0.6) is 5.75 Å². The quantitative estimate of drug-likeness (QED) is 0.849. The van der Waals surface area contributed by atoms with Crippen LogP contribution in [0, 0.1) is 0 Å². The molecule has 2 aliphatic heterocycles. The van der Waals surface area contributed by atoms with Crippen molar-refractivity contribution < 1.29 is 14.4 Å². The lowest BCUT2D eigenvalue weighted by Gasteiger charge is -2.03. The number of aromatic nitrogens is 2. The second-order valence-electron chi connectivity index (χ2n) is 5.24. The van der Waals surface area contributed by atoms with Gasteiger partial charge in [-0.05, 0) is 12.5 Å². The Bertz CT molecular complexity index is 628. The van der Waals surface area contributed by atoms with Crippen LogP contribution < -0.4 is 10.1 Å². The third-order valence-corrected chi connectivity index (χ3v) is 3.87. The topological polar surface area (TPSA) is 80.4 Å². The van der Waals surface area contributed by atoms with Crippen LogP contribution in [0.25, 0.3) is 0 Å². The van der Waals surface area contributed by atoms with Crippen molar-refractivity contribution in [2.75, 3.05) is 13.2 Å². The van der Waals surface area contributed by atoms with E-state index in [9.17, 15) is 5.11 Å². The van der Waals surface area contributed by atoms with Crippen LogP contribution >= 0.6 is 0 Å². The van der Waals surface area contributed by atoms with Crippen LogP contribution in [-0.2, 0) is 0 Å². The molecule has 1 aromatic heterocycles. The molecule has 6 nitrogen and oxygen atoms in total. The van der Waals surface area contributed by atoms with E-state index in [0.29, 0.717) is 31.3 Å². The summed E-state index contributed by atoms with van der Waals surface area (Å²) in [6.07, 6.45) is 0.269. The van der Waals surface area contributed by atoms with E-state index in [1.54, 1.807) is 0 Å². The van der Waals surface area contributed by atoms with Gasteiger partial charge in [0.25, 0.3) is 0 Å². The van der Waals surface area contributed by atoms with E-state index >= 15 is 0 Å². The molecule has 0 saturated carbocycles. The lowest BCUT2D eigenvalue weighted by molar-refractivity contribution is 0.191. The Morgan fingerprint density at radius 1 is 1.30 bits per heavy atom. The highest BCUT2D eigenvalue weighted by atomic mass is 16.5. The summed E-state index contributed by atoms with van der Waals surface area (Å²) in [6.45, 7) is 1.11. The Morgan fingerprint density at radius 2 is 2.20 bits per heavy atom. The van der Waals surface area contributed by atoms with Gasteiger partial charge >= 0.3 is 0 Å². The number of β-amino-alcohol motifs (C(OH)–C–C–N with tert-alkyl or cyclic N) is 1. The van der Waals surface area contributed by atoms with E-state index in [0.717, 1.165) is 11.3 Å². The number of hydrogen-bond acceptors (Lipinski definition) is 6. The van der Waals surface area contributed by atoms with E-state index in [-0.39, 0.29) is 18.1 Å². The monoisotopic (exact) mass is 273 g/mol. The minimum absolute atomic E-state index is 0.0232. The first kappa shape index (κ1) is 11.9. The van der Waals surface area contributed by atoms with Crippen molar-refractivity contribution in [1.29, 1.82) is 0 Å². The van der Waals surface area contributed by atoms with Gasteiger partial charge < -0.3 is 19.7 Å². The Hall–Kier alpha value is -1.92. The third kappa shape index (κ3) is 1.88. The first-order valence-corrected chi connectivity index (χ1v) is 6.78. The molecule has 0 bridgehead atoms. The molecule has 20 heavy (non-hydrogen) atoms. The summed E-state index contributed by atoms with van der Waals surface area (Å²) in [5.41, 5.74) is 1.10. The Morgan fingerprint density at radius 3 is 3.05 bits per heavy atom. The fraction of sp³-hybridized carbons (Fsp3) is 0.429. The predicted octanol–water partition coefficient (Wildman–Crippen LogP) is 0.989. The number of para-hydroxylation sites is 1. The molecular weight excluding hydrogens is 258 g/mol. The molecular formula is C14H15N3O3. The highest BCUT2D eigenvalue weighted by Gasteiger charge is 2.32. The smallest absolute Gasteiger partial charge is 0.243 e. The number of nitrogens with zero attached hydrogens (tertiary/aromatic N) is 2. The summed E-state index contributed by atoms with van der Waals surface area (Å²) in [7, 11) is 0. The summed E-state index contributed by atoms with van der Waals surface area (Å²) in [6, 6.07) is 7.86. The standard InChI is InChI=1S/C14H15N3O3/c18-8-5-11(15-6-8)14-16-13(17-20-14)10-7-19-12-4-2-1-3-9(10)12/h1-4,8,10-11,15,18H,5-7H2/t8-,10?,11+/m1/s1. The Labute approximate surface area is 115 Å². The largest absolute Gasteiger partial charge is 0.492 e. The second-order valence-corrected chi connectivity index (χ2v) is 5.24. The molecule has 2 aliphatic rings. The molecule has 1 aromatic carbocycles. The van der Waals surface area contributed by atoms with Crippen LogP contribution in [0.4, 0.5) is 0 Å². The molecule has 0 spiro atoms. The van der Waals surface area contributed by atoms with Gasteiger partial charge in [0.2, 0.25) is 5.89 Å². The van der Waals surface area contributed by atoms with Crippen LogP contribution in [-0.4, -0.2) is 34.5 Å². The van der Waals surface area contributed by atoms with E-state index in [4.69, 9.17) is 9.26 Å². The minimum atomic E-state index is -0.342. The zero-order valence-corrected chi connectivity index (χ0v) is 10.8. The number of rotatable bonds is 2. The molecule has 0 amide bonds. The molecule has 1 fully saturated rings. The highest BCUT2D eigenvalue weighted by Crippen LogP contribution is 2.37. The van der Waals surface area contributed by atoms with E-state index in [1.807, 2.05) is 24.3 Å². The number of nitrogens with one attached hydrogen (secondary N) is 1. The number of benzene rings is 1. The van der Waals surface area contributed by atoms with E-state index in [2.05, 4.69) is 15.5 Å². The molecule has 2 N–H and O–H groups in total. The maximum absolute atomic E-state index is 9.54. The van der Waals surface area contributed by atoms with Crippen molar-refractivity contribution in [3.05, 3.63) is 41.5 Å². The minimum Gasteiger partial charge on any atom is -0.492 e. The summed E-state index contributed by atoms with van der Waals surface area (Å²) in [5, 5.41) is 16.8. The van der Waals surface area contributed by atoms with Gasteiger partial charge in [0, 0.05) is 12.1 Å². The normalized spacial score (nSPS) is 28.4. The number of ether oxygens (including phenoxy) is 1. The average molecular weight is 273 g/mol. The first-order chi connectivity index (χ1) is 9.81. The van der Waals surface area contributed by atoms with E-state index < -0.39 is 0 Å². The molecule has 0 radical (unpaired) electrons. The zero-order valence-electron chi connectivity index (χ0n) is 10.8. The van der Waals surface area contributed by atoms with Crippen molar-refractivity contribution in [3.8, 4) is 5.75 Å². The van der Waals surface area contributed by atoms with Gasteiger partial charge in [-0.25, -0.2) is 0 Å². The summed E-state index contributed by atoms with van der Waals surface area (Å²) >= 11 is 0. The average Bonchev–Trinajstić information content (AvgIpc) is 3.15. The summed E-state index contributed by atoms with van der Waals surface area (Å²) < 4.78 is 11.0. The molecule has 104 valence electrons. The van der Waals surface area contributed by atoms with Gasteiger partial charge in [0.1, 0.15) is 12.4 Å². The number of hydrogen-bond donors (Lipinski definition) is 2. The maximum atomic E-state index is 9.54. The third-order valence-electron chi connectivity index (χ3n) is 3.87. The number of aliphatic hydroxyl groups is 1. The molecule has 4 rings (SSSR count). The van der Waals surface area contributed by atoms with Crippen molar-refractivity contribution in [2.24, 2.45) is 0 Å². The van der Waals surface area contributed by atoms with Crippen LogP contribution in [0.15, 0.2) is 28.8 Å². The fourth-order valence-corrected chi connectivity index (χ4v) is 2.81. The number of aliphatic hydroxyl groups excluding tert-OH is 1. The fourth-order valence-electron chi connectivity index (χ4n) is 2.81. The predicted molar refractivity (Wildman–Crippen MR) is 69.4 cm³/mol. The zero-order chi connectivity index (χ0) is 13.5. The molecule has 2 aromatic rings. The van der Waals surface area contributed by atoms with Crippen LogP contribution in [0.3, 0.4) is 0 Å². The molecule has 1 saturated heterocycles. The van der Waals surface area contributed by atoms with Gasteiger partial charge in [-0.3, -0.25) is 0 Å². The second kappa shape index (κ2) is 4.57. The lowest BCUT2D eigenvalue weighted by Crippen LogP contribution is -2.15. The molecule has 3 atom stereocenters. The Balaban J connectivity index is 1.60. The molecule has 6 heteroatoms. The Kier molecular flexibility index (Phi) is 2.71. The molecule has 3 heterocycles. The van der Waals surface area contributed by atoms with Crippen LogP contribution in [0.1, 0.15) is 35.7 Å². The maximum Gasteiger partial charge on any atom is 0.243 e. The van der Waals surface area contributed by atoms with Crippen LogP contribution in [0.2, 0.25) is 0 Å². The summed E-state index contributed by atoms with van der Waals surface area (Å²) in [4.78, 5) is 4.48.